The van der Waals surface area contributed by atoms with Gasteiger partial charge in [0.25, 0.3) is 5.92 Å². The third kappa shape index (κ3) is 4.74. The first-order valence-electron chi connectivity index (χ1n) is 11.1. The molecule has 1 aliphatic carbocycles. The van der Waals surface area contributed by atoms with Crippen LogP contribution in [0.2, 0.25) is 5.02 Å². The molecule has 3 N–H and O–H groups in total. The lowest BCUT2D eigenvalue weighted by molar-refractivity contribution is -0.147. The molecule has 1 aliphatic rings. The number of hydrogen-bond donors (Lipinski definition) is 3. The molecule has 0 radical (unpaired) electrons. The number of nitrogens with zero attached hydrogens (tertiary/aromatic N) is 2. The van der Waals surface area contributed by atoms with E-state index in [-0.39, 0.29) is 5.69 Å². The van der Waals surface area contributed by atoms with Crippen LogP contribution >= 0.6 is 11.6 Å². The van der Waals surface area contributed by atoms with Gasteiger partial charge in [0, 0.05) is 35.1 Å². The Morgan fingerprint density at radius 3 is 2.38 bits per heavy atom. The predicted octanol–water partition coefficient (Wildman–Crippen LogP) is 5.34. The van der Waals surface area contributed by atoms with E-state index in [0.29, 0.717) is 27.5 Å². The van der Waals surface area contributed by atoms with Crippen molar-refractivity contribution in [1.82, 2.24) is 9.78 Å². The standard InChI is InChI=1S/C25H23ClF2N4O5/c1-13(16-6-4-5-7-17(16)26)37-23(36)30-18-12-32(3)31-19(18)14-8-10-15(11-9-14)29-21(33)20-24(2,22(34)35)25(20,27)28/h4-13,20H,1-3H3,(H,29,33)(H,30,36)(H,34,35)/t13-,20-,24+/m1/s1. The molecule has 3 atom stereocenters. The number of carbonyl (C=O) groups excluding carboxylic acids is 2. The number of alkyl halides is 2. The average Bonchev–Trinajstić information content (AvgIpc) is 3.08. The lowest BCUT2D eigenvalue weighted by Crippen LogP contribution is -2.22. The molecule has 0 bridgehead atoms. The van der Waals surface area contributed by atoms with E-state index < -0.39 is 41.3 Å². The predicted molar refractivity (Wildman–Crippen MR) is 131 cm³/mol. The molecule has 0 spiro atoms. The van der Waals surface area contributed by atoms with Crippen molar-refractivity contribution in [3.8, 4) is 11.3 Å². The van der Waals surface area contributed by atoms with Crippen molar-refractivity contribution in [3.05, 3.63) is 65.3 Å². The molecule has 1 fully saturated rings. The zero-order chi connectivity index (χ0) is 27.1. The van der Waals surface area contributed by atoms with Crippen LogP contribution in [0.25, 0.3) is 11.3 Å². The monoisotopic (exact) mass is 532 g/mol. The van der Waals surface area contributed by atoms with E-state index in [1.165, 1.54) is 16.8 Å². The van der Waals surface area contributed by atoms with Gasteiger partial charge in [-0.2, -0.15) is 5.10 Å². The Hall–Kier alpha value is -3.99. The van der Waals surface area contributed by atoms with Crippen molar-refractivity contribution in [1.29, 1.82) is 0 Å². The summed E-state index contributed by atoms with van der Waals surface area (Å²) >= 11 is 6.16. The minimum atomic E-state index is -3.64. The van der Waals surface area contributed by atoms with Crippen molar-refractivity contribution < 1.29 is 33.0 Å². The Labute approximate surface area is 215 Å². The number of amides is 2. The highest BCUT2D eigenvalue weighted by Gasteiger charge is 2.85. The number of aromatic nitrogens is 2. The van der Waals surface area contributed by atoms with Gasteiger partial charge in [-0.15, -0.1) is 0 Å². The van der Waals surface area contributed by atoms with Crippen LogP contribution in [0.15, 0.2) is 54.7 Å². The van der Waals surface area contributed by atoms with E-state index >= 15 is 0 Å². The maximum absolute atomic E-state index is 14.0. The van der Waals surface area contributed by atoms with Crippen LogP contribution in [0.5, 0.6) is 0 Å². The normalized spacial score (nSPS) is 20.5. The third-order valence-corrected chi connectivity index (χ3v) is 6.72. The summed E-state index contributed by atoms with van der Waals surface area (Å²) in [5, 5.41) is 18.9. The maximum atomic E-state index is 14.0. The fraction of sp³-hybridized carbons (Fsp3) is 0.280. The third-order valence-electron chi connectivity index (χ3n) is 6.37. The lowest BCUT2D eigenvalue weighted by atomic mass is 10.1. The van der Waals surface area contributed by atoms with Gasteiger partial charge >= 0.3 is 12.1 Å². The van der Waals surface area contributed by atoms with E-state index in [1.54, 1.807) is 56.6 Å². The van der Waals surface area contributed by atoms with Crippen LogP contribution < -0.4 is 10.6 Å². The fourth-order valence-corrected chi connectivity index (χ4v) is 4.40. The molecule has 0 unspecified atom stereocenters. The van der Waals surface area contributed by atoms with Gasteiger partial charge in [-0.1, -0.05) is 41.9 Å². The van der Waals surface area contributed by atoms with Gasteiger partial charge in [-0.25, -0.2) is 13.6 Å². The molecule has 3 aromatic rings. The van der Waals surface area contributed by atoms with Crippen molar-refractivity contribution in [2.75, 3.05) is 10.6 Å². The summed E-state index contributed by atoms with van der Waals surface area (Å²) in [5.74, 6) is -8.43. The molecule has 0 saturated heterocycles. The number of aliphatic carboxylic acids is 1. The summed E-state index contributed by atoms with van der Waals surface area (Å²) in [6.45, 7) is 2.53. The van der Waals surface area contributed by atoms with Gasteiger partial charge in [0.2, 0.25) is 5.91 Å². The second-order valence-corrected chi connectivity index (χ2v) is 9.30. The number of ether oxygens (including phenoxy) is 1. The van der Waals surface area contributed by atoms with E-state index in [4.69, 9.17) is 21.4 Å². The highest BCUT2D eigenvalue weighted by atomic mass is 35.5. The Kier molecular flexibility index (Phi) is 6.68. The number of anilines is 2. The number of hydrogen-bond acceptors (Lipinski definition) is 5. The Morgan fingerprint density at radius 2 is 1.78 bits per heavy atom. The van der Waals surface area contributed by atoms with Crippen LogP contribution in [0.3, 0.4) is 0 Å². The summed E-state index contributed by atoms with van der Waals surface area (Å²) in [5.41, 5.74) is -0.289. The van der Waals surface area contributed by atoms with Crippen molar-refractivity contribution >= 4 is 40.9 Å². The van der Waals surface area contributed by atoms with E-state index in [9.17, 15) is 23.2 Å². The van der Waals surface area contributed by atoms with Crippen LogP contribution in [0.4, 0.5) is 25.0 Å². The summed E-state index contributed by atoms with van der Waals surface area (Å²) in [7, 11) is 1.66. The smallest absolute Gasteiger partial charge is 0.412 e. The van der Waals surface area contributed by atoms with E-state index in [2.05, 4.69) is 15.7 Å². The van der Waals surface area contributed by atoms with Crippen LogP contribution in [-0.2, 0) is 21.4 Å². The number of benzene rings is 2. The maximum Gasteiger partial charge on any atom is 0.412 e. The number of nitrogens with one attached hydrogen (secondary N) is 2. The summed E-state index contributed by atoms with van der Waals surface area (Å²) in [6.07, 6.45) is 0.241. The van der Waals surface area contributed by atoms with E-state index in [1.807, 2.05) is 0 Å². The van der Waals surface area contributed by atoms with Gasteiger partial charge in [0.1, 0.15) is 23.1 Å². The van der Waals surface area contributed by atoms with Gasteiger partial charge in [-0.3, -0.25) is 19.6 Å². The van der Waals surface area contributed by atoms with Crippen molar-refractivity contribution in [2.45, 2.75) is 25.9 Å². The van der Waals surface area contributed by atoms with Gasteiger partial charge in [0.15, 0.2) is 0 Å². The van der Waals surface area contributed by atoms with Crippen LogP contribution in [0, 0.1) is 11.3 Å². The van der Waals surface area contributed by atoms with Crippen molar-refractivity contribution in [2.24, 2.45) is 18.4 Å². The molecule has 1 aromatic heterocycles. The number of halogens is 3. The molecule has 4 rings (SSSR count). The van der Waals surface area contributed by atoms with Gasteiger partial charge in [-0.05, 0) is 32.0 Å². The number of carboxylic acids is 1. The fourth-order valence-electron chi connectivity index (χ4n) is 4.11. The number of carbonyl (C=O) groups is 3. The molecule has 2 aromatic carbocycles. The van der Waals surface area contributed by atoms with Crippen LogP contribution in [-0.4, -0.2) is 38.8 Å². The zero-order valence-electron chi connectivity index (χ0n) is 20.0. The van der Waals surface area contributed by atoms with E-state index in [0.717, 1.165) is 6.92 Å². The Morgan fingerprint density at radius 1 is 1.14 bits per heavy atom. The molecule has 194 valence electrons. The van der Waals surface area contributed by atoms with Gasteiger partial charge in [0.05, 0.1) is 5.69 Å². The molecule has 1 heterocycles. The number of carboxylic acid groups (broad SMARTS) is 1. The topological polar surface area (TPSA) is 123 Å². The molecule has 2 amide bonds. The summed E-state index contributed by atoms with van der Waals surface area (Å²) < 4.78 is 34.9. The lowest BCUT2D eigenvalue weighted by Gasteiger charge is -2.15. The first-order chi connectivity index (χ1) is 17.4. The molecule has 12 heteroatoms. The zero-order valence-corrected chi connectivity index (χ0v) is 20.7. The second kappa shape index (κ2) is 9.47. The second-order valence-electron chi connectivity index (χ2n) is 8.89. The Bertz CT molecular complexity index is 1380. The molecule has 37 heavy (non-hydrogen) atoms. The largest absolute Gasteiger partial charge is 0.481 e. The highest BCUT2D eigenvalue weighted by Crippen LogP contribution is 2.66. The molecule has 9 nitrogen and oxygen atoms in total. The summed E-state index contributed by atoms with van der Waals surface area (Å²) in [6, 6.07) is 13.1. The summed E-state index contributed by atoms with van der Waals surface area (Å²) in [4.78, 5) is 36.1. The quantitative estimate of drug-likeness (QED) is 0.377. The molecule has 0 aliphatic heterocycles. The minimum Gasteiger partial charge on any atom is -0.481 e. The number of rotatable bonds is 7. The van der Waals surface area contributed by atoms with Crippen molar-refractivity contribution in [3.63, 3.8) is 0 Å². The first-order valence-corrected chi connectivity index (χ1v) is 11.5. The molecule has 1 saturated carbocycles. The highest BCUT2D eigenvalue weighted by molar-refractivity contribution is 6.31. The average molecular weight is 533 g/mol. The molecular weight excluding hydrogens is 510 g/mol. The first kappa shape index (κ1) is 26.1. The van der Waals surface area contributed by atoms with Gasteiger partial charge < -0.3 is 15.2 Å². The Balaban J connectivity index is 1.44. The minimum absolute atomic E-state index is 0.197. The van der Waals surface area contributed by atoms with Crippen LogP contribution in [0.1, 0.15) is 25.5 Å². The number of aryl methyl sites for hydroxylation is 1. The molecular formula is C25H23ClF2N4O5. The SMILES string of the molecule is C[C@@H](OC(=O)Nc1cn(C)nc1-c1ccc(NC(=O)[C@H]2C(F)(F)[C@]2(C)C(=O)O)cc1)c1ccccc1Cl.